The fraction of sp³-hybridized carbons (Fsp3) is 0.816. The van der Waals surface area contributed by atoms with Gasteiger partial charge in [-0.3, -0.25) is 4.98 Å². The largest absolute Gasteiger partial charge is 0.417 e. The zero-order valence-electron chi connectivity index (χ0n) is 30.6. The van der Waals surface area contributed by atoms with E-state index in [2.05, 4.69) is 105 Å². The van der Waals surface area contributed by atoms with Crippen LogP contribution >= 0.6 is 0 Å². The fourth-order valence-electron chi connectivity index (χ4n) is 8.38. The van der Waals surface area contributed by atoms with Gasteiger partial charge in [0.1, 0.15) is 0 Å². The monoisotopic (exact) mass is 641 g/mol. The van der Waals surface area contributed by atoms with Crippen LogP contribution in [-0.4, -0.2) is 40.9 Å². The first-order chi connectivity index (χ1) is 20.2. The maximum Gasteiger partial charge on any atom is 0.192 e. The molecule has 3 aliphatic carbocycles. The third kappa shape index (κ3) is 7.35. The van der Waals surface area contributed by atoms with Crippen LogP contribution in [0.4, 0.5) is 0 Å². The van der Waals surface area contributed by atoms with Crippen molar-refractivity contribution >= 4 is 16.6 Å². The van der Waals surface area contributed by atoms with Crippen molar-refractivity contribution in [3.63, 3.8) is 0 Å². The molecule has 7 atom stereocenters. The molecule has 4 nitrogen and oxygen atoms in total. The minimum atomic E-state index is -1.89. The first-order valence-electron chi connectivity index (χ1n) is 17.7. The van der Waals surface area contributed by atoms with E-state index in [1.54, 1.807) is 0 Å². The molecule has 4 rings (SSSR count). The van der Waals surface area contributed by atoms with Gasteiger partial charge in [0, 0.05) is 18.9 Å². The molecular weight excluding hydrogens is 575 g/mol. The molecule has 0 unspecified atom stereocenters. The van der Waals surface area contributed by atoms with Gasteiger partial charge >= 0.3 is 0 Å². The average molecular weight is 642 g/mol. The molecule has 6 heteroatoms. The predicted molar refractivity (Wildman–Crippen MR) is 191 cm³/mol. The Hall–Kier alpha value is -0.796. The number of rotatable bonds is 10. The highest BCUT2D eigenvalue weighted by molar-refractivity contribution is 6.74. The summed E-state index contributed by atoms with van der Waals surface area (Å²) < 4.78 is 20.8. The average Bonchev–Trinajstić information content (AvgIpc) is 3.22. The second-order valence-corrected chi connectivity index (χ2v) is 27.9. The van der Waals surface area contributed by atoms with E-state index in [0.29, 0.717) is 36.4 Å². The minimum absolute atomic E-state index is 0.194. The number of nitrogens with zero attached hydrogens (tertiary/aromatic N) is 1. The van der Waals surface area contributed by atoms with Crippen molar-refractivity contribution in [2.24, 2.45) is 34.5 Å². The number of fused-ring (bicyclic) bond motifs is 1. The van der Waals surface area contributed by atoms with E-state index in [9.17, 15) is 0 Å². The van der Waals surface area contributed by atoms with Crippen molar-refractivity contribution in [2.45, 2.75) is 149 Å². The van der Waals surface area contributed by atoms with Crippen molar-refractivity contribution < 1.29 is 13.6 Å². The van der Waals surface area contributed by atoms with E-state index in [4.69, 9.17) is 13.6 Å². The second-order valence-electron chi connectivity index (χ2n) is 18.4. The summed E-state index contributed by atoms with van der Waals surface area (Å²) in [6, 6.07) is 6.12. The van der Waals surface area contributed by atoms with E-state index in [-0.39, 0.29) is 20.9 Å². The zero-order chi connectivity index (χ0) is 32.8. The Balaban J connectivity index is 1.63. The van der Waals surface area contributed by atoms with E-state index < -0.39 is 16.6 Å². The van der Waals surface area contributed by atoms with Crippen LogP contribution in [0, 0.1) is 34.5 Å². The van der Waals surface area contributed by atoms with Gasteiger partial charge in [-0.2, -0.15) is 0 Å². The van der Waals surface area contributed by atoms with E-state index in [1.165, 1.54) is 37.7 Å². The Kier molecular flexibility index (Phi) is 10.7. The summed E-state index contributed by atoms with van der Waals surface area (Å²) >= 11 is 0. The van der Waals surface area contributed by atoms with Crippen molar-refractivity contribution in [3.05, 3.63) is 42.2 Å². The maximum absolute atomic E-state index is 7.14. The van der Waals surface area contributed by atoms with Gasteiger partial charge in [-0.25, -0.2) is 0 Å². The van der Waals surface area contributed by atoms with E-state index in [1.807, 2.05) is 12.3 Å². The highest BCUT2D eigenvalue weighted by Gasteiger charge is 2.57. The summed E-state index contributed by atoms with van der Waals surface area (Å²) in [5.41, 5.74) is 2.93. The molecule has 1 heterocycles. The third-order valence-electron chi connectivity index (χ3n) is 13.7. The molecule has 0 aromatic carbocycles. The van der Waals surface area contributed by atoms with Crippen LogP contribution in [-0.2, 0) is 20.2 Å². The molecule has 0 aliphatic heterocycles. The zero-order valence-corrected chi connectivity index (χ0v) is 32.6. The lowest BCUT2D eigenvalue weighted by molar-refractivity contribution is -0.110. The number of ether oxygens (including phenoxy) is 1. The Labute approximate surface area is 273 Å². The first-order valence-corrected chi connectivity index (χ1v) is 23.5. The molecule has 3 saturated carbocycles. The minimum Gasteiger partial charge on any atom is -0.417 e. The highest BCUT2D eigenvalue weighted by atomic mass is 28.4. The summed E-state index contributed by atoms with van der Waals surface area (Å²) in [6.07, 6.45) is 10.6. The van der Waals surface area contributed by atoms with E-state index in [0.717, 1.165) is 31.7 Å². The van der Waals surface area contributed by atoms with Crippen LogP contribution in [0.5, 0.6) is 0 Å². The quantitative estimate of drug-likeness (QED) is 0.188. The van der Waals surface area contributed by atoms with Crippen molar-refractivity contribution in [1.82, 2.24) is 4.98 Å². The van der Waals surface area contributed by atoms with Crippen LogP contribution in [0.15, 0.2) is 36.5 Å². The van der Waals surface area contributed by atoms with Crippen LogP contribution in [0.1, 0.15) is 106 Å². The van der Waals surface area contributed by atoms with Crippen LogP contribution in [0.3, 0.4) is 0 Å². The molecule has 250 valence electrons. The third-order valence-corrected chi connectivity index (χ3v) is 22.8. The van der Waals surface area contributed by atoms with Gasteiger partial charge < -0.3 is 13.6 Å². The standard InChI is InChI=1S/C38H67NO3Si2/c1-28-17-18-33-32(27-40-26-30-16-14-15-23-39-30)34(20-22-37(28,33)8)38(9)21-19-31(42-44(12,13)36(5,6)7)24-29(38)25-41-43(10,11)35(2,3)4/h14-16,23,29,31-34H,1,17-22,24-27H2,2-13H3/t29-,31+,32+,33+,34+,37-,38-/m1/s1. The summed E-state index contributed by atoms with van der Waals surface area (Å²) in [6.45, 7) is 35.9. The first kappa shape index (κ1) is 36.0. The summed E-state index contributed by atoms with van der Waals surface area (Å²) in [5, 5.41) is 0.420. The van der Waals surface area contributed by atoms with Gasteiger partial charge in [-0.05, 0) is 128 Å². The normalized spacial score (nSPS) is 33.8. The summed E-state index contributed by atoms with van der Waals surface area (Å²) in [5.74, 6) is 2.25. The van der Waals surface area contributed by atoms with Crippen molar-refractivity contribution in [3.8, 4) is 0 Å². The molecule has 0 amide bonds. The summed E-state index contributed by atoms with van der Waals surface area (Å²) in [7, 11) is -3.76. The topological polar surface area (TPSA) is 40.6 Å². The Morgan fingerprint density at radius 1 is 0.886 bits per heavy atom. The smallest absolute Gasteiger partial charge is 0.192 e. The van der Waals surface area contributed by atoms with Gasteiger partial charge in [0.05, 0.1) is 18.9 Å². The van der Waals surface area contributed by atoms with Gasteiger partial charge in [0.25, 0.3) is 0 Å². The Morgan fingerprint density at radius 3 is 2.18 bits per heavy atom. The molecular formula is C38H67NO3Si2. The molecule has 1 aromatic heterocycles. The summed E-state index contributed by atoms with van der Waals surface area (Å²) in [4.78, 5) is 4.55. The molecule has 0 saturated heterocycles. The number of hydrogen-bond donors (Lipinski definition) is 0. The SMILES string of the molecule is C=C1CC[C@H]2[C@H](COCc3ccccn3)[C@@H]([C@]3(C)CC[C@H](O[Si](C)(C)C(C)(C)C)C[C@@H]3CO[Si](C)(C)C(C)(C)C)CC[C@]12C. The van der Waals surface area contributed by atoms with Gasteiger partial charge in [0.15, 0.2) is 16.6 Å². The lowest BCUT2D eigenvalue weighted by Crippen LogP contribution is -2.54. The molecule has 0 N–H and O–H groups in total. The molecule has 0 radical (unpaired) electrons. The number of pyridine rings is 1. The van der Waals surface area contributed by atoms with E-state index >= 15 is 0 Å². The number of hydrogen-bond acceptors (Lipinski definition) is 4. The molecule has 0 bridgehead atoms. The van der Waals surface area contributed by atoms with Gasteiger partial charge in [-0.15, -0.1) is 0 Å². The molecule has 3 aliphatic rings. The van der Waals surface area contributed by atoms with Crippen molar-refractivity contribution in [1.29, 1.82) is 0 Å². The van der Waals surface area contributed by atoms with Gasteiger partial charge in [0.2, 0.25) is 0 Å². The lowest BCUT2D eigenvalue weighted by Gasteiger charge is -2.58. The Morgan fingerprint density at radius 2 is 1.57 bits per heavy atom. The molecule has 0 spiro atoms. The van der Waals surface area contributed by atoms with Crippen LogP contribution < -0.4 is 0 Å². The number of aromatic nitrogens is 1. The Bertz CT molecular complexity index is 1120. The molecule has 1 aromatic rings. The highest BCUT2D eigenvalue weighted by Crippen LogP contribution is 2.64. The predicted octanol–water partition coefficient (Wildman–Crippen LogP) is 10.8. The second kappa shape index (κ2) is 13.0. The maximum atomic E-state index is 7.14. The van der Waals surface area contributed by atoms with Crippen molar-refractivity contribution in [2.75, 3.05) is 13.2 Å². The van der Waals surface area contributed by atoms with Crippen LogP contribution in [0.2, 0.25) is 36.3 Å². The lowest BCUT2D eigenvalue weighted by atomic mass is 9.49. The van der Waals surface area contributed by atoms with Gasteiger partial charge in [-0.1, -0.05) is 73.6 Å². The molecule has 3 fully saturated rings. The fourth-order valence-corrected chi connectivity index (χ4v) is 10.8. The molecule has 44 heavy (non-hydrogen) atoms. The van der Waals surface area contributed by atoms with Crippen LogP contribution in [0.25, 0.3) is 0 Å². The number of allylic oxidation sites excluding steroid dienone is 1.